The van der Waals surface area contributed by atoms with E-state index in [0.29, 0.717) is 34.1 Å². The average molecular weight is 387 g/mol. The molecule has 9 heteroatoms. The lowest BCUT2D eigenvalue weighted by Gasteiger charge is -2.13. The van der Waals surface area contributed by atoms with E-state index in [1.807, 2.05) is 0 Å². The highest BCUT2D eigenvalue weighted by Crippen LogP contribution is 2.38. The van der Waals surface area contributed by atoms with E-state index in [1.165, 1.54) is 39.7 Å². The Labute approximate surface area is 162 Å². The molecule has 0 atom stereocenters. The molecule has 3 N–H and O–H groups in total. The summed E-state index contributed by atoms with van der Waals surface area (Å²) in [7, 11) is 4.52. The van der Waals surface area contributed by atoms with Gasteiger partial charge in [0.15, 0.2) is 18.1 Å². The van der Waals surface area contributed by atoms with Gasteiger partial charge in [-0.2, -0.15) is 5.10 Å². The Morgan fingerprint density at radius 3 is 2.25 bits per heavy atom. The van der Waals surface area contributed by atoms with Crippen LogP contribution in [0.15, 0.2) is 41.5 Å². The van der Waals surface area contributed by atoms with Gasteiger partial charge in [0.2, 0.25) is 5.75 Å². The monoisotopic (exact) mass is 387 g/mol. The van der Waals surface area contributed by atoms with Crippen molar-refractivity contribution in [1.29, 1.82) is 0 Å². The molecule has 0 aliphatic rings. The van der Waals surface area contributed by atoms with Gasteiger partial charge in [0.05, 0.1) is 27.5 Å². The van der Waals surface area contributed by atoms with E-state index in [1.54, 1.807) is 24.3 Å². The molecule has 28 heavy (non-hydrogen) atoms. The fourth-order valence-electron chi connectivity index (χ4n) is 2.31. The zero-order valence-electron chi connectivity index (χ0n) is 15.7. The van der Waals surface area contributed by atoms with Crippen molar-refractivity contribution in [3.8, 4) is 23.0 Å². The lowest BCUT2D eigenvalue weighted by Crippen LogP contribution is -2.20. The second-order valence-electron chi connectivity index (χ2n) is 5.40. The molecule has 0 unspecified atom stereocenters. The highest BCUT2D eigenvalue weighted by molar-refractivity contribution is 5.95. The zero-order chi connectivity index (χ0) is 20.5. The molecule has 0 saturated carbocycles. The molecule has 0 saturated heterocycles. The first-order valence-corrected chi connectivity index (χ1v) is 8.13. The molecular weight excluding hydrogens is 366 g/mol. The number of nitrogens with one attached hydrogen (secondary N) is 1. The number of amides is 2. The van der Waals surface area contributed by atoms with Gasteiger partial charge in [-0.15, -0.1) is 0 Å². The van der Waals surface area contributed by atoms with Crippen LogP contribution in [-0.2, 0) is 4.79 Å². The van der Waals surface area contributed by atoms with Gasteiger partial charge in [0.1, 0.15) is 5.75 Å². The Hall–Kier alpha value is -3.75. The third-order valence-corrected chi connectivity index (χ3v) is 3.60. The number of hydrogen-bond donors (Lipinski definition) is 2. The van der Waals surface area contributed by atoms with Crippen molar-refractivity contribution >= 4 is 18.0 Å². The maximum absolute atomic E-state index is 12.2. The van der Waals surface area contributed by atoms with E-state index in [2.05, 4.69) is 10.5 Å². The maximum Gasteiger partial charge on any atom is 0.271 e. The van der Waals surface area contributed by atoms with Crippen molar-refractivity contribution < 1.29 is 28.5 Å². The first-order chi connectivity index (χ1) is 13.5. The summed E-state index contributed by atoms with van der Waals surface area (Å²) in [4.78, 5) is 22.9. The Bertz CT molecular complexity index is 865. The van der Waals surface area contributed by atoms with Crippen molar-refractivity contribution in [3.63, 3.8) is 0 Å². The van der Waals surface area contributed by atoms with Crippen LogP contribution in [0, 0.1) is 0 Å². The normalized spacial score (nSPS) is 10.4. The lowest BCUT2D eigenvalue weighted by molar-refractivity contribution is -0.119. The summed E-state index contributed by atoms with van der Waals surface area (Å²) in [5.74, 6) is 0.787. The minimum absolute atomic E-state index is 0.233. The molecule has 0 heterocycles. The fraction of sp³-hybridized carbons (Fsp3) is 0.211. The number of carbonyl (C=O) groups is 2. The SMILES string of the molecule is COc1ccc(C=NNC(=O)c2ccc(OCC(N)=O)cc2)c(OC)c1OC. The van der Waals surface area contributed by atoms with Crippen LogP contribution >= 0.6 is 0 Å². The van der Waals surface area contributed by atoms with Gasteiger partial charge < -0.3 is 24.7 Å². The number of rotatable bonds is 9. The van der Waals surface area contributed by atoms with E-state index in [4.69, 9.17) is 24.7 Å². The maximum atomic E-state index is 12.2. The number of benzene rings is 2. The number of nitrogens with zero attached hydrogens (tertiary/aromatic N) is 1. The van der Waals surface area contributed by atoms with Gasteiger partial charge in [-0.25, -0.2) is 5.43 Å². The summed E-state index contributed by atoms with van der Waals surface area (Å²) >= 11 is 0. The minimum Gasteiger partial charge on any atom is -0.493 e. The first-order valence-electron chi connectivity index (χ1n) is 8.13. The molecule has 2 rings (SSSR count). The quantitative estimate of drug-likeness (QED) is 0.495. The standard InChI is InChI=1S/C19H21N3O6/c1-25-15-9-6-13(17(26-2)18(15)27-3)10-21-22-19(24)12-4-7-14(8-5-12)28-11-16(20)23/h4-10H,11H2,1-3H3,(H2,20,23)(H,22,24). The number of primary amides is 1. The summed E-state index contributed by atoms with van der Waals surface area (Å²) in [6.45, 7) is -0.233. The van der Waals surface area contributed by atoms with Gasteiger partial charge in [0.25, 0.3) is 11.8 Å². The van der Waals surface area contributed by atoms with E-state index in [9.17, 15) is 9.59 Å². The van der Waals surface area contributed by atoms with E-state index >= 15 is 0 Å². The zero-order valence-corrected chi connectivity index (χ0v) is 15.7. The third kappa shape index (κ3) is 5.13. The van der Waals surface area contributed by atoms with Gasteiger partial charge in [-0.1, -0.05) is 0 Å². The third-order valence-electron chi connectivity index (χ3n) is 3.60. The lowest BCUT2D eigenvalue weighted by atomic mass is 10.2. The fourth-order valence-corrected chi connectivity index (χ4v) is 2.31. The molecule has 2 amide bonds. The van der Waals surface area contributed by atoms with Crippen LogP contribution < -0.4 is 30.1 Å². The van der Waals surface area contributed by atoms with Crippen LogP contribution in [0.1, 0.15) is 15.9 Å². The van der Waals surface area contributed by atoms with Crippen LogP contribution in [0.25, 0.3) is 0 Å². The van der Waals surface area contributed by atoms with Crippen LogP contribution in [0.4, 0.5) is 0 Å². The predicted molar refractivity (Wildman–Crippen MR) is 102 cm³/mol. The topological polar surface area (TPSA) is 121 Å². The Kier molecular flexibility index (Phi) is 7.21. The van der Waals surface area contributed by atoms with Crippen molar-refractivity contribution in [2.45, 2.75) is 0 Å². The smallest absolute Gasteiger partial charge is 0.271 e. The Morgan fingerprint density at radius 2 is 1.68 bits per heavy atom. The van der Waals surface area contributed by atoms with E-state index in [-0.39, 0.29) is 6.61 Å². The minimum atomic E-state index is -0.582. The molecule has 9 nitrogen and oxygen atoms in total. The summed E-state index contributed by atoms with van der Waals surface area (Å²) in [5, 5.41) is 3.95. The highest BCUT2D eigenvalue weighted by atomic mass is 16.5. The number of nitrogens with two attached hydrogens (primary N) is 1. The number of carbonyl (C=O) groups excluding carboxylic acids is 2. The van der Waals surface area contributed by atoms with E-state index < -0.39 is 11.8 Å². The number of hydrazone groups is 1. The second-order valence-corrected chi connectivity index (χ2v) is 5.40. The Morgan fingerprint density at radius 1 is 1.00 bits per heavy atom. The molecule has 0 spiro atoms. The molecule has 148 valence electrons. The number of ether oxygens (including phenoxy) is 4. The van der Waals surface area contributed by atoms with Crippen molar-refractivity contribution in [1.82, 2.24) is 5.43 Å². The Balaban J connectivity index is 2.06. The molecule has 0 aliphatic carbocycles. The van der Waals surface area contributed by atoms with Crippen molar-refractivity contribution in [2.24, 2.45) is 10.8 Å². The largest absolute Gasteiger partial charge is 0.493 e. The molecule has 2 aromatic rings. The summed E-state index contributed by atoms with van der Waals surface area (Å²) in [6.07, 6.45) is 1.43. The van der Waals surface area contributed by atoms with Gasteiger partial charge in [-0.05, 0) is 36.4 Å². The van der Waals surface area contributed by atoms with Gasteiger partial charge in [-0.3, -0.25) is 9.59 Å². The number of hydrogen-bond acceptors (Lipinski definition) is 7. The van der Waals surface area contributed by atoms with Crippen LogP contribution in [-0.4, -0.2) is 46.0 Å². The van der Waals surface area contributed by atoms with E-state index in [0.717, 1.165) is 0 Å². The molecule has 0 aromatic heterocycles. The van der Waals surface area contributed by atoms with Crippen molar-refractivity contribution in [3.05, 3.63) is 47.5 Å². The molecule has 0 fully saturated rings. The molecule has 2 aromatic carbocycles. The predicted octanol–water partition coefficient (Wildman–Crippen LogP) is 1.34. The van der Waals surface area contributed by atoms with Crippen molar-refractivity contribution in [2.75, 3.05) is 27.9 Å². The second kappa shape index (κ2) is 9.81. The molecular formula is C19H21N3O6. The molecule has 0 bridgehead atoms. The summed E-state index contributed by atoms with van der Waals surface area (Å²) in [6, 6.07) is 9.62. The summed E-state index contributed by atoms with van der Waals surface area (Å²) < 4.78 is 21.0. The molecule has 0 aliphatic heterocycles. The molecule has 0 radical (unpaired) electrons. The number of methoxy groups -OCH3 is 3. The van der Waals surface area contributed by atoms with Crippen LogP contribution in [0.3, 0.4) is 0 Å². The van der Waals surface area contributed by atoms with Crippen LogP contribution in [0.5, 0.6) is 23.0 Å². The van der Waals surface area contributed by atoms with Gasteiger partial charge >= 0.3 is 0 Å². The first kappa shape index (κ1) is 20.6. The van der Waals surface area contributed by atoms with Gasteiger partial charge in [0, 0.05) is 11.1 Å². The summed E-state index contributed by atoms with van der Waals surface area (Å²) in [5.41, 5.74) is 8.39. The van der Waals surface area contributed by atoms with Crippen LogP contribution in [0.2, 0.25) is 0 Å². The highest BCUT2D eigenvalue weighted by Gasteiger charge is 2.14. The average Bonchev–Trinajstić information content (AvgIpc) is 2.71.